The van der Waals surface area contributed by atoms with Gasteiger partial charge in [0, 0.05) is 18.0 Å². The molecule has 37 heavy (non-hydrogen) atoms. The van der Waals surface area contributed by atoms with Crippen molar-refractivity contribution in [2.24, 2.45) is 46.3 Å². The number of halogens is 1. The summed E-state index contributed by atoms with van der Waals surface area (Å²) in [6.45, 7) is 7.06. The van der Waals surface area contributed by atoms with E-state index in [9.17, 15) is 15.3 Å². The average Bonchev–Trinajstić information content (AvgIpc) is 3.23. The van der Waals surface area contributed by atoms with Crippen LogP contribution in [0.3, 0.4) is 0 Å². The summed E-state index contributed by atoms with van der Waals surface area (Å²) in [4.78, 5) is 9.36. The maximum Gasteiger partial charge on any atom is 0.129 e. The van der Waals surface area contributed by atoms with Crippen molar-refractivity contribution < 1.29 is 15.3 Å². The van der Waals surface area contributed by atoms with E-state index in [0.29, 0.717) is 34.6 Å². The van der Waals surface area contributed by atoms with Gasteiger partial charge in [-0.1, -0.05) is 44.5 Å². The molecular formula is C31H43ClN2O3. The number of fused-ring (bicyclic) bond motifs is 6. The zero-order chi connectivity index (χ0) is 26.1. The zero-order valence-corrected chi connectivity index (χ0v) is 23.2. The number of hydrogen-bond acceptors (Lipinski definition) is 5. The van der Waals surface area contributed by atoms with Gasteiger partial charge in [-0.15, -0.1) is 0 Å². The van der Waals surface area contributed by atoms with Crippen LogP contribution in [0.5, 0.6) is 0 Å². The molecule has 1 unspecified atom stereocenters. The summed E-state index contributed by atoms with van der Waals surface area (Å²) >= 11 is 6.38. The van der Waals surface area contributed by atoms with Gasteiger partial charge in [-0.3, -0.25) is 0 Å². The van der Waals surface area contributed by atoms with Gasteiger partial charge in [-0.25, -0.2) is 9.97 Å². The van der Waals surface area contributed by atoms with Crippen LogP contribution >= 0.6 is 11.6 Å². The highest BCUT2D eigenvalue weighted by atomic mass is 35.5. The maximum atomic E-state index is 11.8. The second kappa shape index (κ2) is 9.43. The van der Waals surface area contributed by atoms with Crippen molar-refractivity contribution in [3.8, 4) is 0 Å². The fraction of sp³-hybridized carbons (Fsp3) is 0.742. The van der Waals surface area contributed by atoms with Gasteiger partial charge < -0.3 is 15.3 Å². The van der Waals surface area contributed by atoms with Gasteiger partial charge in [0.25, 0.3) is 0 Å². The third kappa shape index (κ3) is 4.06. The molecule has 1 aromatic carbocycles. The van der Waals surface area contributed by atoms with E-state index in [-0.39, 0.29) is 35.1 Å². The summed E-state index contributed by atoms with van der Waals surface area (Å²) in [5.74, 6) is 2.99. The van der Waals surface area contributed by atoms with E-state index in [4.69, 9.17) is 16.6 Å². The maximum absolute atomic E-state index is 11.8. The standard InChI is InChI=1S/C31H43ClN2O3/c1-17(7-10-27-33-16-18-5-4-6-24(32)29(18)34-27)21-8-9-22-28-23(15-26(37)31(21,22)3)30(2)12-11-20(35)13-19(30)14-25(28)36/h4-6,16-17,19-23,25-26,28,35-37H,7-15H2,1-3H3/t17-,19+,20-,21-,22+,23?,25-,26+,28+,30+,31-/m1/s1. The first kappa shape index (κ1) is 26.0. The third-order valence-electron chi connectivity index (χ3n) is 12.0. The van der Waals surface area contributed by atoms with Crippen molar-refractivity contribution in [2.75, 3.05) is 0 Å². The Morgan fingerprint density at radius 2 is 1.86 bits per heavy atom. The van der Waals surface area contributed by atoms with Gasteiger partial charge in [0.2, 0.25) is 0 Å². The van der Waals surface area contributed by atoms with Gasteiger partial charge >= 0.3 is 0 Å². The first-order valence-corrected chi connectivity index (χ1v) is 14.9. The molecule has 0 amide bonds. The van der Waals surface area contributed by atoms with E-state index in [2.05, 4.69) is 25.8 Å². The minimum Gasteiger partial charge on any atom is -0.393 e. The van der Waals surface area contributed by atoms with Crippen molar-refractivity contribution >= 4 is 22.5 Å². The highest BCUT2D eigenvalue weighted by Crippen LogP contribution is 2.68. The molecule has 0 saturated heterocycles. The molecule has 0 radical (unpaired) electrons. The summed E-state index contributed by atoms with van der Waals surface area (Å²) in [7, 11) is 0. The molecule has 0 bridgehead atoms. The minimum absolute atomic E-state index is 0.115. The Balaban J connectivity index is 1.20. The second-order valence-corrected chi connectivity index (χ2v) is 13.9. The Bertz CT molecular complexity index is 1160. The van der Waals surface area contributed by atoms with Crippen molar-refractivity contribution in [3.05, 3.63) is 35.2 Å². The molecule has 2 aromatic rings. The number of aliphatic hydroxyl groups excluding tert-OH is 3. The number of aliphatic hydroxyl groups is 3. The zero-order valence-electron chi connectivity index (χ0n) is 22.5. The summed E-state index contributed by atoms with van der Waals surface area (Å²) in [5.41, 5.74) is 0.757. The lowest BCUT2D eigenvalue weighted by atomic mass is 9.43. The molecule has 6 rings (SSSR count). The molecule has 1 heterocycles. The van der Waals surface area contributed by atoms with Crippen molar-refractivity contribution in [1.82, 2.24) is 9.97 Å². The molecule has 202 valence electrons. The summed E-state index contributed by atoms with van der Waals surface area (Å²) in [6, 6.07) is 5.79. The van der Waals surface area contributed by atoms with E-state index in [0.717, 1.165) is 74.5 Å². The van der Waals surface area contributed by atoms with Crippen molar-refractivity contribution in [3.63, 3.8) is 0 Å². The molecule has 4 aliphatic carbocycles. The molecule has 4 saturated carbocycles. The molecule has 4 aliphatic rings. The van der Waals surface area contributed by atoms with Gasteiger partial charge in [0.1, 0.15) is 5.82 Å². The Hall–Kier alpha value is -1.27. The number of nitrogens with zero attached hydrogens (tertiary/aromatic N) is 2. The third-order valence-corrected chi connectivity index (χ3v) is 12.3. The Kier molecular flexibility index (Phi) is 6.62. The molecule has 0 spiro atoms. The molecule has 4 fully saturated rings. The summed E-state index contributed by atoms with van der Waals surface area (Å²) in [5, 5.41) is 35.3. The number of aryl methyl sites for hydroxylation is 1. The van der Waals surface area contributed by atoms with Crippen LogP contribution in [-0.2, 0) is 6.42 Å². The van der Waals surface area contributed by atoms with Gasteiger partial charge in [-0.2, -0.15) is 0 Å². The average molecular weight is 527 g/mol. The van der Waals surface area contributed by atoms with Crippen LogP contribution in [0.2, 0.25) is 5.02 Å². The number of hydrogen-bond donors (Lipinski definition) is 3. The normalized spacial score (nSPS) is 44.2. The largest absolute Gasteiger partial charge is 0.393 e. The predicted octanol–water partition coefficient (Wildman–Crippen LogP) is 5.81. The van der Waals surface area contributed by atoms with E-state index >= 15 is 0 Å². The molecular weight excluding hydrogens is 484 g/mol. The van der Waals surface area contributed by atoms with Crippen LogP contribution in [0.25, 0.3) is 10.9 Å². The van der Waals surface area contributed by atoms with Crippen LogP contribution in [0.15, 0.2) is 24.4 Å². The van der Waals surface area contributed by atoms with Gasteiger partial charge in [-0.05, 0) is 104 Å². The van der Waals surface area contributed by atoms with Crippen molar-refractivity contribution in [1.29, 1.82) is 0 Å². The lowest BCUT2D eigenvalue weighted by molar-refractivity contribution is -0.207. The monoisotopic (exact) mass is 526 g/mol. The first-order chi connectivity index (χ1) is 17.6. The molecule has 11 atom stereocenters. The van der Waals surface area contributed by atoms with E-state index in [1.165, 1.54) is 0 Å². The molecule has 5 nitrogen and oxygen atoms in total. The highest BCUT2D eigenvalue weighted by molar-refractivity contribution is 6.34. The topological polar surface area (TPSA) is 86.5 Å². The lowest BCUT2D eigenvalue weighted by Crippen LogP contribution is -2.62. The van der Waals surface area contributed by atoms with Crippen LogP contribution in [0.1, 0.15) is 78.0 Å². The minimum atomic E-state index is -0.348. The number of benzene rings is 1. The van der Waals surface area contributed by atoms with E-state index in [1.54, 1.807) is 0 Å². The highest BCUT2D eigenvalue weighted by Gasteiger charge is 2.65. The van der Waals surface area contributed by atoms with Crippen molar-refractivity contribution in [2.45, 2.75) is 96.9 Å². The molecule has 3 N–H and O–H groups in total. The van der Waals surface area contributed by atoms with Gasteiger partial charge in [0.05, 0.1) is 28.9 Å². The predicted molar refractivity (Wildman–Crippen MR) is 146 cm³/mol. The fourth-order valence-electron chi connectivity index (χ4n) is 9.87. The fourth-order valence-corrected chi connectivity index (χ4v) is 10.1. The number of aromatic nitrogens is 2. The molecule has 0 aliphatic heterocycles. The Morgan fingerprint density at radius 3 is 2.68 bits per heavy atom. The van der Waals surface area contributed by atoms with E-state index < -0.39 is 0 Å². The summed E-state index contributed by atoms with van der Waals surface area (Å²) < 4.78 is 0. The smallest absolute Gasteiger partial charge is 0.129 e. The number of para-hydroxylation sites is 1. The lowest BCUT2D eigenvalue weighted by Gasteiger charge is -2.63. The van der Waals surface area contributed by atoms with Crippen LogP contribution in [0.4, 0.5) is 0 Å². The SMILES string of the molecule is C[C@H](CCc1ncc2cccc(Cl)c2n1)[C@H]1CC[C@H]2[C@H]3C(C[C@H](O)[C@]12C)[C@@]1(C)CC[C@@H](O)C[C@H]1C[C@H]3O. The second-order valence-electron chi connectivity index (χ2n) is 13.5. The van der Waals surface area contributed by atoms with Gasteiger partial charge in [0.15, 0.2) is 0 Å². The summed E-state index contributed by atoms with van der Waals surface area (Å²) in [6.07, 6.45) is 9.19. The van der Waals surface area contributed by atoms with Crippen LogP contribution in [-0.4, -0.2) is 43.6 Å². The van der Waals surface area contributed by atoms with E-state index in [1.807, 2.05) is 24.4 Å². The quantitative estimate of drug-likeness (QED) is 0.467. The Morgan fingerprint density at radius 1 is 1.05 bits per heavy atom. The first-order valence-electron chi connectivity index (χ1n) is 14.6. The molecule has 6 heteroatoms. The van der Waals surface area contributed by atoms with Crippen LogP contribution in [0, 0.1) is 46.3 Å². The molecule has 1 aromatic heterocycles. The Labute approximate surface area is 226 Å². The van der Waals surface area contributed by atoms with Crippen LogP contribution < -0.4 is 0 Å². The number of rotatable bonds is 4.